The molecule has 0 aromatic heterocycles. The summed E-state index contributed by atoms with van der Waals surface area (Å²) in [4.78, 5) is 60.7. The zero-order valence-electron chi connectivity index (χ0n) is 35.1. The number of hydrogen-bond acceptors (Lipinski definition) is 15. The number of ketones is 1. The molecule has 0 unspecified atom stereocenters. The molecular formula is C41H62N4O12. The van der Waals surface area contributed by atoms with Crippen molar-refractivity contribution in [2.24, 2.45) is 33.9 Å². The molecule has 0 aliphatic carbocycles. The number of likely N-dealkylation sites (N-methyl/N-ethyl adjacent to an activating group) is 1. The number of carbonyl (C=O) groups is 4. The topological polar surface area (TPSA) is 204 Å². The number of nitrogens with zero attached hydrogens (tertiary/aromatic N) is 3. The zero-order valence-corrected chi connectivity index (χ0v) is 35.1. The second-order valence-corrected chi connectivity index (χ2v) is 16.4. The third-order valence-electron chi connectivity index (χ3n) is 11.5. The Hall–Kier alpha value is -3.64. The molecule has 13 atom stereocenters. The molecule has 3 aliphatic heterocycles. The van der Waals surface area contributed by atoms with E-state index in [-0.39, 0.29) is 43.9 Å². The van der Waals surface area contributed by atoms with E-state index in [1.807, 2.05) is 32.8 Å². The Balaban J connectivity index is 1.97. The second kappa shape index (κ2) is 19.4. The number of benzene rings is 1. The minimum Gasteiger partial charge on any atom is -0.459 e. The number of carbonyl (C=O) groups excluding carboxylic acids is 4. The Bertz CT molecular complexity index is 1640. The third kappa shape index (κ3) is 10.9. The molecule has 1 aromatic carbocycles. The number of hydrogen-bond donors (Lipinski definition) is 3. The van der Waals surface area contributed by atoms with Crippen LogP contribution in [-0.2, 0) is 42.9 Å². The largest absolute Gasteiger partial charge is 0.459 e. The van der Waals surface area contributed by atoms with E-state index in [1.165, 1.54) is 20.8 Å². The van der Waals surface area contributed by atoms with Gasteiger partial charge in [-0.1, -0.05) is 51.0 Å². The van der Waals surface area contributed by atoms with Gasteiger partial charge in [0.05, 0.1) is 48.6 Å². The van der Waals surface area contributed by atoms with E-state index in [0.29, 0.717) is 17.7 Å². The first-order valence-electron chi connectivity index (χ1n) is 19.7. The maximum atomic E-state index is 14.5. The number of Topliss-reactive ketones (excluding diaryl/α,β-unsaturated/α-hetero) is 1. The fourth-order valence-electron chi connectivity index (χ4n) is 8.30. The summed E-state index contributed by atoms with van der Waals surface area (Å²) >= 11 is 0. The van der Waals surface area contributed by atoms with Gasteiger partial charge in [-0.05, 0) is 73.2 Å². The molecule has 3 N–H and O–H groups in total. The molecule has 0 spiro atoms. The van der Waals surface area contributed by atoms with Crippen LogP contribution in [0.15, 0.2) is 40.6 Å². The number of ether oxygens (including phenoxy) is 5. The number of oxime groups is 1. The summed E-state index contributed by atoms with van der Waals surface area (Å²) < 4.78 is 32.2. The number of fused-ring (bicyclic) bond motifs is 5. The Kier molecular flexibility index (Phi) is 15.7. The lowest BCUT2D eigenvalue weighted by Gasteiger charge is -2.47. The van der Waals surface area contributed by atoms with E-state index in [1.54, 1.807) is 58.0 Å². The lowest BCUT2D eigenvalue weighted by Crippen LogP contribution is -2.60. The average molecular weight is 803 g/mol. The predicted molar refractivity (Wildman–Crippen MR) is 209 cm³/mol. The van der Waals surface area contributed by atoms with Crippen molar-refractivity contribution in [3.8, 4) is 0 Å². The molecule has 0 radical (unpaired) electrons. The number of aliphatic hydroxyl groups excluding tert-OH is 1. The van der Waals surface area contributed by atoms with Crippen LogP contribution in [0.4, 0.5) is 0 Å². The summed E-state index contributed by atoms with van der Waals surface area (Å²) in [7, 11) is 3.69. The summed E-state index contributed by atoms with van der Waals surface area (Å²) in [5.74, 6) is -6.32. The van der Waals surface area contributed by atoms with Crippen LogP contribution in [0.25, 0.3) is 0 Å². The molecule has 16 heteroatoms. The molecule has 3 aliphatic rings. The highest BCUT2D eigenvalue weighted by molar-refractivity contribution is 6.00. The minimum atomic E-state index is -1.91. The van der Waals surface area contributed by atoms with Gasteiger partial charge in [-0.3, -0.25) is 14.4 Å². The summed E-state index contributed by atoms with van der Waals surface area (Å²) in [6.07, 6.45) is -5.49. The maximum Gasteiger partial charge on any atom is 0.331 e. The number of hydrazone groups is 1. The molecule has 3 fully saturated rings. The van der Waals surface area contributed by atoms with Crippen LogP contribution in [-0.4, -0.2) is 132 Å². The van der Waals surface area contributed by atoms with Crippen LogP contribution < -0.4 is 5.43 Å². The molecule has 1 amide bonds. The van der Waals surface area contributed by atoms with Gasteiger partial charge < -0.3 is 43.6 Å². The van der Waals surface area contributed by atoms with Crippen molar-refractivity contribution >= 4 is 35.1 Å². The molecule has 57 heavy (non-hydrogen) atoms. The van der Waals surface area contributed by atoms with Crippen LogP contribution in [0.5, 0.6) is 0 Å². The Morgan fingerprint density at radius 2 is 1.70 bits per heavy atom. The second-order valence-electron chi connectivity index (χ2n) is 16.4. The summed E-state index contributed by atoms with van der Waals surface area (Å²) in [5, 5.41) is 32.7. The minimum absolute atomic E-state index is 0.0732. The Morgan fingerprint density at radius 3 is 2.32 bits per heavy atom. The van der Waals surface area contributed by atoms with Gasteiger partial charge in [0.25, 0.3) is 5.91 Å². The molecule has 3 saturated heterocycles. The highest BCUT2D eigenvalue weighted by Crippen LogP contribution is 2.40. The molecule has 2 bridgehead atoms. The van der Waals surface area contributed by atoms with Gasteiger partial charge in [0.2, 0.25) is 0 Å². The SMILES string of the molecule is CC[C@H]1OC(=O)[C@H](C)C(=O)[C@H](C)[C@@H](O[C@@H]2O[C@H](C)C[C@H](N(C)C)[C@H]2O)[C@@]2(C)C[C@@H](C)/C(=N\OC(C)=O)[C@H](C)[C@H](OC/C(=N/NC(=O)c3ccccc3)CO2)[C@]1(C)O. The van der Waals surface area contributed by atoms with Gasteiger partial charge in [0.15, 0.2) is 12.1 Å². The molecule has 0 saturated carbocycles. The van der Waals surface area contributed by atoms with Crippen molar-refractivity contribution in [3.63, 3.8) is 0 Å². The van der Waals surface area contributed by atoms with Crippen LogP contribution in [0.2, 0.25) is 0 Å². The van der Waals surface area contributed by atoms with E-state index in [4.69, 9.17) is 28.5 Å². The Morgan fingerprint density at radius 1 is 1.04 bits per heavy atom. The van der Waals surface area contributed by atoms with Gasteiger partial charge in [-0.2, -0.15) is 5.10 Å². The summed E-state index contributed by atoms with van der Waals surface area (Å²) in [6.45, 7) is 14.1. The van der Waals surface area contributed by atoms with E-state index < -0.39 is 89.2 Å². The first kappa shape index (κ1) is 46.1. The van der Waals surface area contributed by atoms with Crippen molar-refractivity contribution in [1.82, 2.24) is 10.3 Å². The van der Waals surface area contributed by atoms with Gasteiger partial charge in [-0.25, -0.2) is 10.2 Å². The highest BCUT2D eigenvalue weighted by Gasteiger charge is 2.53. The summed E-state index contributed by atoms with van der Waals surface area (Å²) in [5.41, 5.74) is 0.0698. The fraction of sp³-hybridized carbons (Fsp3) is 0.707. The number of esters is 1. The average Bonchev–Trinajstić information content (AvgIpc) is 3.17. The lowest BCUT2D eigenvalue weighted by atomic mass is 9.74. The highest BCUT2D eigenvalue weighted by atomic mass is 16.7. The first-order valence-corrected chi connectivity index (χ1v) is 19.7. The van der Waals surface area contributed by atoms with Crippen LogP contribution >= 0.6 is 0 Å². The number of amides is 1. The van der Waals surface area contributed by atoms with Crippen LogP contribution in [0.1, 0.15) is 91.9 Å². The standard InChI is InChI=1S/C41H62N4O12/c1-12-31-41(9,51)36-24(4)32(44-57-27(7)46)22(2)19-40(8,53-21-29(20-52-36)42-43-37(49)28-16-14-13-15-17-28)35(25(5)33(47)26(6)38(50)55-31)56-39-34(48)30(45(10)11)18-23(3)54-39/h13-17,22-26,30-31,34-36,39,48,51H,12,18-21H2,1-11H3,(H,43,49)/b42-29-,44-32+/t22-,23-,24+,25+,26-,30+,31-,34-,35-,36+,39+,40-,41-/m1/s1. The van der Waals surface area contributed by atoms with Crippen molar-refractivity contribution in [3.05, 3.63) is 35.9 Å². The normalized spacial score (nSPS) is 38.8. The van der Waals surface area contributed by atoms with E-state index in [0.717, 1.165) is 0 Å². The molecule has 16 nitrogen and oxygen atoms in total. The molecule has 3 heterocycles. The molecule has 4 rings (SSSR count). The van der Waals surface area contributed by atoms with Gasteiger partial charge in [-0.15, -0.1) is 0 Å². The third-order valence-corrected chi connectivity index (χ3v) is 11.5. The fourth-order valence-corrected chi connectivity index (χ4v) is 8.30. The van der Waals surface area contributed by atoms with Crippen molar-refractivity contribution in [1.29, 1.82) is 0 Å². The maximum absolute atomic E-state index is 14.5. The number of aliphatic hydroxyl groups is 2. The molecule has 1 aromatic rings. The predicted octanol–water partition coefficient (Wildman–Crippen LogP) is 3.27. The van der Waals surface area contributed by atoms with Gasteiger partial charge >= 0.3 is 11.9 Å². The van der Waals surface area contributed by atoms with Crippen LogP contribution in [0.3, 0.4) is 0 Å². The van der Waals surface area contributed by atoms with Gasteiger partial charge in [0.1, 0.15) is 23.7 Å². The number of rotatable bonds is 7. The molecular weight excluding hydrogens is 740 g/mol. The zero-order chi connectivity index (χ0) is 42.4. The lowest BCUT2D eigenvalue weighted by molar-refractivity contribution is -0.296. The monoisotopic (exact) mass is 802 g/mol. The van der Waals surface area contributed by atoms with Gasteiger partial charge in [0, 0.05) is 36.3 Å². The van der Waals surface area contributed by atoms with E-state index in [9.17, 15) is 29.4 Å². The number of nitrogens with one attached hydrogen (secondary N) is 1. The quantitative estimate of drug-likeness (QED) is 0.157. The van der Waals surface area contributed by atoms with Crippen molar-refractivity contribution < 1.29 is 57.9 Å². The Labute approximate surface area is 335 Å². The first-order chi connectivity index (χ1) is 26.7. The van der Waals surface area contributed by atoms with E-state index >= 15 is 0 Å². The number of cyclic esters (lactones) is 1. The smallest absolute Gasteiger partial charge is 0.331 e. The van der Waals surface area contributed by atoms with Crippen molar-refractivity contribution in [2.75, 3.05) is 27.3 Å². The van der Waals surface area contributed by atoms with Crippen LogP contribution in [0, 0.1) is 23.7 Å². The molecule has 318 valence electrons. The van der Waals surface area contributed by atoms with Crippen molar-refractivity contribution in [2.45, 2.75) is 136 Å². The van der Waals surface area contributed by atoms with E-state index in [2.05, 4.69) is 15.7 Å². The summed E-state index contributed by atoms with van der Waals surface area (Å²) in [6, 6.07) is 8.15.